The van der Waals surface area contributed by atoms with Crippen LogP contribution in [0.1, 0.15) is 62.2 Å². The predicted molar refractivity (Wildman–Crippen MR) is 125 cm³/mol. The van der Waals surface area contributed by atoms with Crippen molar-refractivity contribution in [1.29, 1.82) is 0 Å². The molecule has 3 rings (SSSR count). The van der Waals surface area contributed by atoms with Crippen LogP contribution in [0.4, 0.5) is 5.13 Å². The highest BCUT2D eigenvalue weighted by Gasteiger charge is 2.20. The Labute approximate surface area is 200 Å². The van der Waals surface area contributed by atoms with Crippen molar-refractivity contribution in [2.75, 3.05) is 5.32 Å². The molecule has 1 aliphatic rings. The number of thiazole rings is 1. The molecule has 1 saturated carbocycles. The quantitative estimate of drug-likeness (QED) is 0.416. The number of hydrogen-bond donors (Lipinski definition) is 3. The van der Waals surface area contributed by atoms with Gasteiger partial charge in [0.05, 0.1) is 34.6 Å². The fourth-order valence-corrected chi connectivity index (χ4v) is 4.86. The minimum Gasteiger partial charge on any atom is -0.481 e. The van der Waals surface area contributed by atoms with E-state index >= 15 is 0 Å². The number of halogens is 2. The van der Waals surface area contributed by atoms with E-state index < -0.39 is 12.0 Å². The van der Waals surface area contributed by atoms with Crippen LogP contribution in [0, 0.1) is 5.92 Å². The standard InChI is InChI=1S/C22H25Cl2N3O4S/c23-16-7-6-14(9-17(16)24)18(11-21(30)31)26-20(29)10-15-12-32-22(25-15)27-19(28)8-5-13-3-1-2-4-13/h6-7,9,12-13,18H,1-5,8,10-11H2,(H,26,29)(H,30,31)(H,25,27,28). The number of hydrogen-bond acceptors (Lipinski definition) is 5. The van der Waals surface area contributed by atoms with E-state index in [1.807, 2.05) is 0 Å². The number of nitrogens with zero attached hydrogens (tertiary/aromatic N) is 1. The molecule has 2 amide bonds. The molecule has 1 heterocycles. The molecule has 7 nitrogen and oxygen atoms in total. The maximum atomic E-state index is 12.5. The van der Waals surface area contributed by atoms with Gasteiger partial charge >= 0.3 is 5.97 Å². The third-order valence-corrected chi connectivity index (χ3v) is 7.00. The first-order valence-electron chi connectivity index (χ1n) is 10.5. The average Bonchev–Trinajstić information content (AvgIpc) is 3.40. The molecule has 10 heteroatoms. The second-order valence-electron chi connectivity index (χ2n) is 7.95. The number of carboxylic acids is 1. The molecule has 1 atom stereocenters. The van der Waals surface area contributed by atoms with E-state index in [-0.39, 0.29) is 29.7 Å². The van der Waals surface area contributed by atoms with Crippen LogP contribution in [0.2, 0.25) is 10.0 Å². The predicted octanol–water partition coefficient (Wildman–Crippen LogP) is 5.23. The monoisotopic (exact) mass is 497 g/mol. The molecule has 0 radical (unpaired) electrons. The Morgan fingerprint density at radius 1 is 1.16 bits per heavy atom. The Kier molecular flexibility index (Phi) is 8.90. The number of anilines is 1. The summed E-state index contributed by atoms with van der Waals surface area (Å²) in [6, 6.07) is 3.97. The lowest BCUT2D eigenvalue weighted by molar-refractivity contribution is -0.137. The van der Waals surface area contributed by atoms with Crippen molar-refractivity contribution < 1.29 is 19.5 Å². The van der Waals surface area contributed by atoms with Crippen molar-refractivity contribution in [3.8, 4) is 0 Å². The Morgan fingerprint density at radius 2 is 1.91 bits per heavy atom. The fraction of sp³-hybridized carbons (Fsp3) is 0.455. The minimum atomic E-state index is -1.06. The van der Waals surface area contributed by atoms with Gasteiger partial charge in [0.25, 0.3) is 0 Å². The minimum absolute atomic E-state index is 0.0358. The SMILES string of the molecule is O=C(O)CC(NC(=O)Cc1csc(NC(=O)CCC2CCCC2)n1)c1ccc(Cl)c(Cl)c1. The third-order valence-electron chi connectivity index (χ3n) is 5.45. The van der Waals surface area contributed by atoms with E-state index in [0.29, 0.717) is 33.8 Å². The highest BCUT2D eigenvalue weighted by Crippen LogP contribution is 2.29. The number of carbonyl (C=O) groups is 3. The van der Waals surface area contributed by atoms with Gasteiger partial charge in [-0.1, -0.05) is 55.0 Å². The molecule has 0 aliphatic heterocycles. The third kappa shape index (κ3) is 7.46. The highest BCUT2D eigenvalue weighted by molar-refractivity contribution is 7.13. The Morgan fingerprint density at radius 3 is 2.59 bits per heavy atom. The molecule has 2 aromatic rings. The number of aromatic nitrogens is 1. The van der Waals surface area contributed by atoms with Crippen LogP contribution in [0.3, 0.4) is 0 Å². The maximum absolute atomic E-state index is 12.5. The van der Waals surface area contributed by atoms with Gasteiger partial charge in [0.2, 0.25) is 11.8 Å². The Balaban J connectivity index is 1.53. The van der Waals surface area contributed by atoms with Crippen LogP contribution in [0.15, 0.2) is 23.6 Å². The zero-order valence-electron chi connectivity index (χ0n) is 17.4. The van der Waals surface area contributed by atoms with Crippen LogP contribution < -0.4 is 10.6 Å². The van der Waals surface area contributed by atoms with Gasteiger partial charge in [-0.05, 0) is 30.0 Å². The van der Waals surface area contributed by atoms with Gasteiger partial charge in [0, 0.05) is 11.8 Å². The molecule has 0 bridgehead atoms. The Bertz CT molecular complexity index is 976. The lowest BCUT2D eigenvalue weighted by Gasteiger charge is -2.18. The number of carbonyl (C=O) groups excluding carboxylic acids is 2. The van der Waals surface area contributed by atoms with E-state index in [1.54, 1.807) is 23.6 Å². The van der Waals surface area contributed by atoms with E-state index in [0.717, 1.165) is 6.42 Å². The summed E-state index contributed by atoms with van der Waals surface area (Å²) in [6.45, 7) is 0. The highest BCUT2D eigenvalue weighted by atomic mass is 35.5. The molecule has 3 N–H and O–H groups in total. The van der Waals surface area contributed by atoms with Crippen LogP contribution in [-0.2, 0) is 20.8 Å². The molecular weight excluding hydrogens is 473 g/mol. The summed E-state index contributed by atoms with van der Waals surface area (Å²) < 4.78 is 0. The van der Waals surface area contributed by atoms with Crippen molar-refractivity contribution in [1.82, 2.24) is 10.3 Å². The van der Waals surface area contributed by atoms with Crippen LogP contribution in [0.5, 0.6) is 0 Å². The molecule has 172 valence electrons. The molecule has 1 aliphatic carbocycles. The van der Waals surface area contributed by atoms with Gasteiger partial charge in [0.15, 0.2) is 5.13 Å². The van der Waals surface area contributed by atoms with Crippen molar-refractivity contribution in [3.05, 3.63) is 44.9 Å². The summed E-state index contributed by atoms with van der Waals surface area (Å²) >= 11 is 13.2. The number of aliphatic carboxylic acids is 1. The number of rotatable bonds is 10. The first-order valence-corrected chi connectivity index (χ1v) is 12.1. The van der Waals surface area contributed by atoms with Crippen LogP contribution in [-0.4, -0.2) is 27.9 Å². The summed E-state index contributed by atoms with van der Waals surface area (Å²) in [5, 5.41) is 17.5. The normalized spacial score (nSPS) is 14.8. The van der Waals surface area contributed by atoms with E-state index in [4.69, 9.17) is 23.2 Å². The Hall–Kier alpha value is -2.16. The molecule has 32 heavy (non-hydrogen) atoms. The molecule has 0 saturated heterocycles. The van der Waals surface area contributed by atoms with Crippen LogP contribution >= 0.6 is 34.5 Å². The molecule has 1 aromatic carbocycles. The molecule has 1 unspecified atom stereocenters. The van der Waals surface area contributed by atoms with Crippen molar-refractivity contribution >= 4 is 57.5 Å². The van der Waals surface area contributed by atoms with E-state index in [2.05, 4.69) is 15.6 Å². The van der Waals surface area contributed by atoms with Gasteiger partial charge < -0.3 is 15.7 Å². The number of nitrogens with one attached hydrogen (secondary N) is 2. The van der Waals surface area contributed by atoms with Crippen LogP contribution in [0.25, 0.3) is 0 Å². The zero-order valence-corrected chi connectivity index (χ0v) is 19.7. The zero-order chi connectivity index (χ0) is 23.1. The maximum Gasteiger partial charge on any atom is 0.305 e. The van der Waals surface area contributed by atoms with Gasteiger partial charge in [-0.15, -0.1) is 11.3 Å². The second kappa shape index (κ2) is 11.6. The summed E-state index contributed by atoms with van der Waals surface area (Å²) in [5.74, 6) is -0.863. The first-order chi connectivity index (χ1) is 15.3. The fourth-order valence-electron chi connectivity index (χ4n) is 3.83. The number of carboxylic acid groups (broad SMARTS) is 1. The molecule has 1 aromatic heterocycles. The van der Waals surface area contributed by atoms with Crippen molar-refractivity contribution in [2.24, 2.45) is 5.92 Å². The van der Waals surface area contributed by atoms with Crippen molar-refractivity contribution in [2.45, 2.75) is 57.4 Å². The van der Waals surface area contributed by atoms with Gasteiger partial charge in [-0.3, -0.25) is 14.4 Å². The van der Waals surface area contributed by atoms with Gasteiger partial charge in [-0.25, -0.2) is 4.98 Å². The van der Waals surface area contributed by atoms with Crippen molar-refractivity contribution in [3.63, 3.8) is 0 Å². The van der Waals surface area contributed by atoms with E-state index in [1.165, 1.54) is 37.0 Å². The summed E-state index contributed by atoms with van der Waals surface area (Å²) in [6.07, 6.45) is 5.94. The molecule has 1 fully saturated rings. The molecule has 0 spiro atoms. The number of amides is 2. The van der Waals surface area contributed by atoms with Gasteiger partial charge in [-0.2, -0.15) is 0 Å². The van der Waals surface area contributed by atoms with E-state index in [9.17, 15) is 19.5 Å². The summed E-state index contributed by atoms with van der Waals surface area (Å²) in [7, 11) is 0. The molecular formula is C22H25Cl2N3O4S. The first kappa shape index (κ1) is 24.5. The number of benzene rings is 1. The lowest BCUT2D eigenvalue weighted by atomic mass is 10.0. The largest absolute Gasteiger partial charge is 0.481 e. The average molecular weight is 498 g/mol. The summed E-state index contributed by atoms with van der Waals surface area (Å²) in [5.41, 5.74) is 1.05. The second-order valence-corrected chi connectivity index (χ2v) is 9.62. The topological polar surface area (TPSA) is 108 Å². The van der Waals surface area contributed by atoms with Gasteiger partial charge in [0.1, 0.15) is 0 Å². The lowest BCUT2D eigenvalue weighted by Crippen LogP contribution is -2.31. The summed E-state index contributed by atoms with van der Waals surface area (Å²) in [4.78, 5) is 40.2. The smallest absolute Gasteiger partial charge is 0.305 e.